The number of ketones is 1. The minimum atomic E-state index is 0.206. The molecule has 0 aliphatic carbocycles. The summed E-state index contributed by atoms with van der Waals surface area (Å²) in [5, 5.41) is 3.72. The molecule has 0 bridgehead atoms. The Labute approximate surface area is 144 Å². The number of carbonyl (C=O) groups is 1. The van der Waals surface area contributed by atoms with E-state index in [0.717, 1.165) is 17.7 Å². The fraction of sp³-hybridized carbons (Fsp3) is 0.222. The van der Waals surface area contributed by atoms with Gasteiger partial charge in [-0.25, -0.2) is 0 Å². The van der Waals surface area contributed by atoms with E-state index in [0.29, 0.717) is 41.5 Å². The second kappa shape index (κ2) is 7.47. The first-order chi connectivity index (χ1) is 11.6. The zero-order valence-corrected chi connectivity index (χ0v) is 13.8. The van der Waals surface area contributed by atoms with E-state index in [1.807, 2.05) is 24.3 Å². The van der Waals surface area contributed by atoms with Crippen molar-refractivity contribution in [3.8, 4) is 0 Å². The molecule has 0 saturated carbocycles. The van der Waals surface area contributed by atoms with Gasteiger partial charge in [0.15, 0.2) is 5.58 Å². The summed E-state index contributed by atoms with van der Waals surface area (Å²) in [6, 6.07) is 13.3. The van der Waals surface area contributed by atoms with Crippen LogP contribution in [0.5, 0.6) is 0 Å². The topological polar surface area (TPSA) is 81.2 Å². The lowest BCUT2D eigenvalue weighted by Gasteiger charge is -2.04. The lowest BCUT2D eigenvalue weighted by Crippen LogP contribution is -2.06. The van der Waals surface area contributed by atoms with E-state index in [4.69, 9.17) is 21.8 Å². The maximum absolute atomic E-state index is 11.8. The van der Waals surface area contributed by atoms with Gasteiger partial charge in [-0.2, -0.15) is 4.98 Å². The summed E-state index contributed by atoms with van der Waals surface area (Å²) in [5.41, 5.74) is 8.61. The van der Waals surface area contributed by atoms with Crippen molar-refractivity contribution >= 4 is 40.2 Å². The van der Waals surface area contributed by atoms with Crippen molar-refractivity contribution in [1.29, 1.82) is 0 Å². The number of anilines is 2. The number of fused-ring (bicyclic) bond motifs is 1. The lowest BCUT2D eigenvalue weighted by atomic mass is 10.1. The molecule has 3 aromatic rings. The zero-order chi connectivity index (χ0) is 16.9. The summed E-state index contributed by atoms with van der Waals surface area (Å²) in [6.45, 7) is 0.546. The van der Waals surface area contributed by atoms with E-state index in [2.05, 4.69) is 10.3 Å². The SMILES string of the molecule is NCCCC(=O)Cc1ccc(Nc2nc3cc(Cl)ccc3o2)cc1. The Balaban J connectivity index is 1.65. The molecule has 0 saturated heterocycles. The molecule has 3 N–H and O–H groups in total. The highest BCUT2D eigenvalue weighted by molar-refractivity contribution is 6.31. The molecule has 0 aliphatic rings. The number of hydrogen-bond acceptors (Lipinski definition) is 5. The number of hydrogen-bond donors (Lipinski definition) is 2. The number of aromatic nitrogens is 1. The van der Waals surface area contributed by atoms with Gasteiger partial charge in [0.1, 0.15) is 11.3 Å². The third kappa shape index (κ3) is 4.13. The van der Waals surface area contributed by atoms with Crippen LogP contribution in [0.15, 0.2) is 46.9 Å². The van der Waals surface area contributed by atoms with E-state index in [-0.39, 0.29) is 5.78 Å². The molecule has 1 aromatic heterocycles. The van der Waals surface area contributed by atoms with Crippen molar-refractivity contribution in [3.63, 3.8) is 0 Å². The summed E-state index contributed by atoms with van der Waals surface area (Å²) in [5.74, 6) is 0.206. The van der Waals surface area contributed by atoms with Crippen molar-refractivity contribution < 1.29 is 9.21 Å². The minimum Gasteiger partial charge on any atom is -0.423 e. The lowest BCUT2D eigenvalue weighted by molar-refractivity contribution is -0.118. The van der Waals surface area contributed by atoms with Gasteiger partial charge in [0.05, 0.1) is 0 Å². The number of nitrogens with one attached hydrogen (secondary N) is 1. The molecule has 0 radical (unpaired) electrons. The normalized spacial score (nSPS) is 10.9. The largest absolute Gasteiger partial charge is 0.423 e. The highest BCUT2D eigenvalue weighted by Crippen LogP contribution is 2.24. The Bertz CT molecular complexity index is 843. The average molecular weight is 344 g/mol. The van der Waals surface area contributed by atoms with Crippen LogP contribution in [0.1, 0.15) is 18.4 Å². The maximum Gasteiger partial charge on any atom is 0.300 e. The van der Waals surface area contributed by atoms with E-state index < -0.39 is 0 Å². The van der Waals surface area contributed by atoms with Gasteiger partial charge < -0.3 is 15.5 Å². The molecule has 0 atom stereocenters. The zero-order valence-electron chi connectivity index (χ0n) is 13.1. The molecule has 0 fully saturated rings. The van der Waals surface area contributed by atoms with Crippen LogP contribution in [0.25, 0.3) is 11.1 Å². The van der Waals surface area contributed by atoms with Crippen LogP contribution >= 0.6 is 11.6 Å². The fourth-order valence-electron chi connectivity index (χ4n) is 2.40. The van der Waals surface area contributed by atoms with Gasteiger partial charge in [0, 0.05) is 23.6 Å². The summed E-state index contributed by atoms with van der Waals surface area (Å²) < 4.78 is 5.62. The molecule has 3 rings (SSSR count). The monoisotopic (exact) mass is 343 g/mol. The predicted octanol–water partition coefficient (Wildman–Crippen LogP) is 4.08. The molecule has 24 heavy (non-hydrogen) atoms. The van der Waals surface area contributed by atoms with Gasteiger partial charge in [0.25, 0.3) is 6.01 Å². The Morgan fingerprint density at radius 2 is 2.00 bits per heavy atom. The summed E-state index contributed by atoms with van der Waals surface area (Å²) in [4.78, 5) is 16.1. The number of oxazole rings is 1. The fourth-order valence-corrected chi connectivity index (χ4v) is 2.57. The maximum atomic E-state index is 11.8. The van der Waals surface area contributed by atoms with Crippen LogP contribution < -0.4 is 11.1 Å². The Hall–Kier alpha value is -2.37. The smallest absolute Gasteiger partial charge is 0.300 e. The standard InChI is InChI=1S/C18H18ClN3O2/c19-13-5-8-17-16(11-13)22-18(24-17)21-14-6-3-12(4-7-14)10-15(23)2-1-9-20/h3-8,11H,1-2,9-10,20H2,(H,21,22). The minimum absolute atomic E-state index is 0.206. The van der Waals surface area contributed by atoms with Crippen LogP contribution in [0.3, 0.4) is 0 Å². The molecule has 0 spiro atoms. The molecule has 2 aromatic carbocycles. The van der Waals surface area contributed by atoms with E-state index >= 15 is 0 Å². The molecular formula is C18H18ClN3O2. The van der Waals surface area contributed by atoms with E-state index in [9.17, 15) is 4.79 Å². The van der Waals surface area contributed by atoms with Gasteiger partial charge in [-0.1, -0.05) is 23.7 Å². The third-order valence-electron chi connectivity index (χ3n) is 3.62. The summed E-state index contributed by atoms with van der Waals surface area (Å²) >= 11 is 5.94. The van der Waals surface area contributed by atoms with Crippen molar-refractivity contribution in [1.82, 2.24) is 4.98 Å². The Morgan fingerprint density at radius 3 is 2.75 bits per heavy atom. The third-order valence-corrected chi connectivity index (χ3v) is 3.85. The highest BCUT2D eigenvalue weighted by atomic mass is 35.5. The number of carbonyl (C=O) groups excluding carboxylic acids is 1. The first-order valence-electron chi connectivity index (χ1n) is 7.78. The number of rotatable bonds is 7. The van der Waals surface area contributed by atoms with Crippen LogP contribution in [0.2, 0.25) is 5.02 Å². The molecule has 1 heterocycles. The summed E-state index contributed by atoms with van der Waals surface area (Å²) in [7, 11) is 0. The van der Waals surface area contributed by atoms with Gasteiger partial charge in [-0.15, -0.1) is 0 Å². The quantitative estimate of drug-likeness (QED) is 0.675. The molecule has 124 valence electrons. The molecule has 6 heteroatoms. The Morgan fingerprint density at radius 1 is 1.21 bits per heavy atom. The molecular weight excluding hydrogens is 326 g/mol. The molecule has 0 amide bonds. The van der Waals surface area contributed by atoms with Gasteiger partial charge in [-0.05, 0) is 48.9 Å². The van der Waals surface area contributed by atoms with Crippen molar-refractivity contribution in [2.24, 2.45) is 5.73 Å². The number of Topliss-reactive ketones (excluding diaryl/α,β-unsaturated/α-hetero) is 1. The van der Waals surface area contributed by atoms with E-state index in [1.54, 1.807) is 18.2 Å². The van der Waals surface area contributed by atoms with Crippen molar-refractivity contribution in [3.05, 3.63) is 53.1 Å². The van der Waals surface area contributed by atoms with Crippen LogP contribution in [-0.4, -0.2) is 17.3 Å². The van der Waals surface area contributed by atoms with Crippen molar-refractivity contribution in [2.45, 2.75) is 19.3 Å². The van der Waals surface area contributed by atoms with Crippen LogP contribution in [0, 0.1) is 0 Å². The number of nitrogens with zero attached hydrogens (tertiary/aromatic N) is 1. The number of halogens is 1. The van der Waals surface area contributed by atoms with Gasteiger partial charge >= 0.3 is 0 Å². The van der Waals surface area contributed by atoms with E-state index in [1.165, 1.54) is 0 Å². The van der Waals surface area contributed by atoms with Crippen LogP contribution in [0.4, 0.5) is 11.7 Å². The van der Waals surface area contributed by atoms with Gasteiger partial charge in [0.2, 0.25) is 0 Å². The molecule has 5 nitrogen and oxygen atoms in total. The summed E-state index contributed by atoms with van der Waals surface area (Å²) in [6.07, 6.45) is 1.70. The second-order valence-electron chi connectivity index (χ2n) is 5.56. The first kappa shape index (κ1) is 16.5. The van der Waals surface area contributed by atoms with Gasteiger partial charge in [-0.3, -0.25) is 4.79 Å². The first-order valence-corrected chi connectivity index (χ1v) is 8.15. The predicted molar refractivity (Wildman–Crippen MR) is 95.7 cm³/mol. The number of benzene rings is 2. The average Bonchev–Trinajstić information content (AvgIpc) is 2.96. The van der Waals surface area contributed by atoms with Crippen molar-refractivity contribution in [2.75, 3.05) is 11.9 Å². The second-order valence-corrected chi connectivity index (χ2v) is 6.00. The molecule has 0 unspecified atom stereocenters. The van der Waals surface area contributed by atoms with Crippen LogP contribution in [-0.2, 0) is 11.2 Å². The number of nitrogens with two attached hydrogens (primary N) is 1. The molecule has 0 aliphatic heterocycles. The Kier molecular flexibility index (Phi) is 5.13. The highest BCUT2D eigenvalue weighted by Gasteiger charge is 2.07.